The third kappa shape index (κ3) is 5.58. The number of nitrogens with zero attached hydrogens (tertiary/aromatic N) is 3. The van der Waals surface area contributed by atoms with Gasteiger partial charge in [0.1, 0.15) is 0 Å². The maximum Gasteiger partial charge on any atom is 0.0500 e. The van der Waals surface area contributed by atoms with Gasteiger partial charge in [0.25, 0.3) is 0 Å². The van der Waals surface area contributed by atoms with E-state index < -0.39 is 0 Å². The molecular formula is C57H41N3. The number of rotatable bonds is 7. The summed E-state index contributed by atoms with van der Waals surface area (Å²) in [6.45, 7) is 1.63. The second kappa shape index (κ2) is 13.8. The van der Waals surface area contributed by atoms with E-state index in [0.29, 0.717) is 0 Å². The Bertz CT molecular complexity index is 3600. The molecule has 0 saturated carbocycles. The molecule has 0 amide bonds. The highest BCUT2D eigenvalue weighted by Crippen LogP contribution is 2.40. The van der Waals surface area contributed by atoms with Gasteiger partial charge in [-0.2, -0.15) is 0 Å². The zero-order valence-corrected chi connectivity index (χ0v) is 33.4. The van der Waals surface area contributed by atoms with Gasteiger partial charge in [0.05, 0.1) is 5.52 Å². The zero-order valence-electron chi connectivity index (χ0n) is 33.4. The Hall–Kier alpha value is -7.62. The fraction of sp³-hybridized carbons (Fsp3) is 0.0526. The van der Waals surface area contributed by atoms with Gasteiger partial charge >= 0.3 is 0 Å². The molecule has 0 radical (unpaired) electrons. The number of aromatic nitrogens is 3. The number of hydrogen-bond acceptors (Lipinski definition) is 0. The number of fused-ring (bicyclic) bond motifs is 9. The number of hydrogen-bond donors (Lipinski definition) is 0. The number of aryl methyl sites for hydroxylation is 1. The standard InChI is InChI=1S/C57H41N3/c1-58-52-21-11-8-18-46(52)49-27-24-41(34-56(49)58)44-30-43(40-26-29-55-51(33-40)48-20-10-13-23-54(48)59(55)36-38-14-4-2-5-15-38)31-45(32-44)42-25-28-50-47-19-9-12-22-53(47)60(57(50)35-42)37-39-16-6-3-7-17-39/h2-35H,36-37H2,1H3. The van der Waals surface area contributed by atoms with Crippen molar-refractivity contribution in [2.45, 2.75) is 13.1 Å². The second-order valence-electron chi connectivity index (χ2n) is 16.2. The smallest absolute Gasteiger partial charge is 0.0500 e. The zero-order chi connectivity index (χ0) is 39.7. The fourth-order valence-corrected chi connectivity index (χ4v) is 9.80. The Morgan fingerprint density at radius 3 is 1.23 bits per heavy atom. The summed E-state index contributed by atoms with van der Waals surface area (Å²) in [7, 11) is 2.18. The summed E-state index contributed by atoms with van der Waals surface area (Å²) < 4.78 is 7.29. The van der Waals surface area contributed by atoms with E-state index in [4.69, 9.17) is 0 Å². The van der Waals surface area contributed by atoms with Crippen LogP contribution >= 0.6 is 0 Å². The summed E-state index contributed by atoms with van der Waals surface area (Å²) in [5, 5.41) is 7.68. The SMILES string of the molecule is Cn1c2ccccc2c2ccc(-c3cc(-c4ccc5c(c4)c4ccccc4n5Cc4ccccc4)cc(-c4ccc5c6ccccc6n(Cc6ccccc6)c5c4)c3)cc21. The van der Waals surface area contributed by atoms with Crippen LogP contribution in [0.2, 0.25) is 0 Å². The third-order valence-electron chi connectivity index (χ3n) is 12.8. The van der Waals surface area contributed by atoms with Crippen molar-refractivity contribution in [2.24, 2.45) is 7.05 Å². The highest BCUT2D eigenvalue weighted by atomic mass is 15.0. The van der Waals surface area contributed by atoms with Crippen molar-refractivity contribution in [1.29, 1.82) is 0 Å². The minimum absolute atomic E-state index is 0.808. The molecule has 60 heavy (non-hydrogen) atoms. The minimum atomic E-state index is 0.808. The van der Waals surface area contributed by atoms with Crippen LogP contribution in [0.5, 0.6) is 0 Å². The Labute approximate surface area is 348 Å². The lowest BCUT2D eigenvalue weighted by Gasteiger charge is -2.14. The highest BCUT2D eigenvalue weighted by molar-refractivity contribution is 6.11. The van der Waals surface area contributed by atoms with Crippen LogP contribution in [0.25, 0.3) is 98.8 Å². The first-order valence-corrected chi connectivity index (χ1v) is 20.9. The molecule has 0 bridgehead atoms. The molecule has 3 aromatic heterocycles. The second-order valence-corrected chi connectivity index (χ2v) is 16.2. The molecule has 3 heteroatoms. The lowest BCUT2D eigenvalue weighted by atomic mass is 9.92. The normalized spacial score (nSPS) is 11.9. The van der Waals surface area contributed by atoms with Crippen LogP contribution in [0.4, 0.5) is 0 Å². The predicted molar refractivity (Wildman–Crippen MR) is 254 cm³/mol. The van der Waals surface area contributed by atoms with E-state index in [9.17, 15) is 0 Å². The first-order valence-electron chi connectivity index (χ1n) is 20.9. The summed E-state index contributed by atoms with van der Waals surface area (Å²) in [4.78, 5) is 0. The molecule has 3 nitrogen and oxygen atoms in total. The van der Waals surface area contributed by atoms with Crippen molar-refractivity contribution in [3.05, 3.63) is 217 Å². The average molecular weight is 768 g/mol. The van der Waals surface area contributed by atoms with Crippen molar-refractivity contribution in [2.75, 3.05) is 0 Å². The van der Waals surface area contributed by atoms with Crippen LogP contribution in [-0.2, 0) is 20.1 Å². The van der Waals surface area contributed by atoms with Gasteiger partial charge in [-0.05, 0) is 105 Å². The molecule has 3 heterocycles. The number of para-hydroxylation sites is 3. The summed E-state index contributed by atoms with van der Waals surface area (Å²) in [5.74, 6) is 0. The Balaban J connectivity index is 1.06. The molecule has 0 unspecified atom stereocenters. The fourth-order valence-electron chi connectivity index (χ4n) is 9.80. The summed E-state index contributed by atoms with van der Waals surface area (Å²) in [6, 6.07) is 76.3. The minimum Gasteiger partial charge on any atom is -0.344 e. The van der Waals surface area contributed by atoms with E-state index in [-0.39, 0.29) is 0 Å². The van der Waals surface area contributed by atoms with Gasteiger partial charge in [0, 0.05) is 80.0 Å². The van der Waals surface area contributed by atoms with Gasteiger partial charge in [0.15, 0.2) is 0 Å². The lowest BCUT2D eigenvalue weighted by molar-refractivity contribution is 0.869. The Morgan fingerprint density at radius 2 is 0.650 bits per heavy atom. The van der Waals surface area contributed by atoms with Gasteiger partial charge in [0.2, 0.25) is 0 Å². The lowest BCUT2D eigenvalue weighted by Crippen LogP contribution is -1.99. The molecule has 12 rings (SSSR count). The molecule has 0 aliphatic rings. The van der Waals surface area contributed by atoms with E-state index in [1.165, 1.54) is 110 Å². The summed E-state index contributed by atoms with van der Waals surface area (Å²) in [5.41, 5.74) is 17.3. The average Bonchev–Trinajstić information content (AvgIpc) is 3.91. The van der Waals surface area contributed by atoms with Crippen molar-refractivity contribution in [3.8, 4) is 33.4 Å². The Kier molecular flexibility index (Phi) is 7.89. The van der Waals surface area contributed by atoms with Crippen LogP contribution in [0.3, 0.4) is 0 Å². The van der Waals surface area contributed by atoms with Crippen LogP contribution in [0.1, 0.15) is 11.1 Å². The van der Waals surface area contributed by atoms with E-state index in [0.717, 1.165) is 13.1 Å². The summed E-state index contributed by atoms with van der Waals surface area (Å²) >= 11 is 0. The number of benzene rings is 9. The van der Waals surface area contributed by atoms with E-state index in [2.05, 4.69) is 227 Å². The van der Waals surface area contributed by atoms with Crippen LogP contribution < -0.4 is 0 Å². The maximum atomic E-state index is 2.49. The van der Waals surface area contributed by atoms with E-state index in [1.54, 1.807) is 0 Å². The van der Waals surface area contributed by atoms with Crippen molar-refractivity contribution >= 4 is 65.4 Å². The quantitative estimate of drug-likeness (QED) is 0.153. The Morgan fingerprint density at radius 1 is 0.267 bits per heavy atom. The van der Waals surface area contributed by atoms with Crippen molar-refractivity contribution in [1.82, 2.24) is 13.7 Å². The topological polar surface area (TPSA) is 14.8 Å². The van der Waals surface area contributed by atoms with Crippen molar-refractivity contribution < 1.29 is 0 Å². The van der Waals surface area contributed by atoms with Gasteiger partial charge in [-0.1, -0.05) is 146 Å². The van der Waals surface area contributed by atoms with Gasteiger partial charge < -0.3 is 13.7 Å². The molecule has 0 aliphatic heterocycles. The molecule has 12 aromatic rings. The molecule has 0 N–H and O–H groups in total. The summed E-state index contributed by atoms with van der Waals surface area (Å²) in [6.07, 6.45) is 0. The monoisotopic (exact) mass is 767 g/mol. The molecular weight excluding hydrogens is 727 g/mol. The molecule has 284 valence electrons. The first-order chi connectivity index (χ1) is 29.6. The van der Waals surface area contributed by atoms with Crippen LogP contribution in [0.15, 0.2) is 206 Å². The maximum absolute atomic E-state index is 2.49. The third-order valence-corrected chi connectivity index (χ3v) is 12.8. The van der Waals surface area contributed by atoms with Crippen molar-refractivity contribution in [3.63, 3.8) is 0 Å². The van der Waals surface area contributed by atoms with E-state index in [1.807, 2.05) is 0 Å². The van der Waals surface area contributed by atoms with Gasteiger partial charge in [-0.15, -0.1) is 0 Å². The van der Waals surface area contributed by atoms with Crippen LogP contribution in [0, 0.1) is 0 Å². The molecule has 0 atom stereocenters. The molecule has 0 fully saturated rings. The molecule has 0 saturated heterocycles. The largest absolute Gasteiger partial charge is 0.344 e. The predicted octanol–water partition coefficient (Wildman–Crippen LogP) is 14.6. The first kappa shape index (κ1) is 34.4. The molecule has 0 spiro atoms. The van der Waals surface area contributed by atoms with Gasteiger partial charge in [-0.25, -0.2) is 0 Å². The molecule has 0 aliphatic carbocycles. The molecule has 9 aromatic carbocycles. The highest BCUT2D eigenvalue weighted by Gasteiger charge is 2.17. The van der Waals surface area contributed by atoms with E-state index >= 15 is 0 Å². The van der Waals surface area contributed by atoms with Gasteiger partial charge in [-0.3, -0.25) is 0 Å². The van der Waals surface area contributed by atoms with Crippen LogP contribution in [-0.4, -0.2) is 13.7 Å².